The van der Waals surface area contributed by atoms with E-state index in [1.165, 1.54) is 21.3 Å². The summed E-state index contributed by atoms with van der Waals surface area (Å²) in [5, 5.41) is 13.4. The second-order valence-corrected chi connectivity index (χ2v) is 5.84. The molecule has 0 aromatic heterocycles. The quantitative estimate of drug-likeness (QED) is 0.478. The van der Waals surface area contributed by atoms with Gasteiger partial charge in [0.2, 0.25) is 0 Å². The van der Waals surface area contributed by atoms with Crippen molar-refractivity contribution in [3.63, 3.8) is 0 Å². The molecule has 3 rings (SSSR count). The first kappa shape index (κ1) is 18.3. The Kier molecular flexibility index (Phi) is 5.03. The maximum atomic E-state index is 12.5. The van der Waals surface area contributed by atoms with Crippen molar-refractivity contribution < 1.29 is 28.9 Å². The van der Waals surface area contributed by atoms with E-state index in [0.717, 1.165) is 0 Å². The van der Waals surface area contributed by atoms with E-state index in [2.05, 4.69) is 5.32 Å². The van der Waals surface area contributed by atoms with Crippen molar-refractivity contribution in [2.75, 3.05) is 21.3 Å². The number of methoxy groups -OCH3 is 3. The van der Waals surface area contributed by atoms with Crippen LogP contribution in [0.3, 0.4) is 0 Å². The van der Waals surface area contributed by atoms with Crippen molar-refractivity contribution in [1.29, 1.82) is 0 Å². The Balaban J connectivity index is 2.18. The molecule has 0 radical (unpaired) electrons. The van der Waals surface area contributed by atoms with Gasteiger partial charge >= 0.3 is 0 Å². The minimum absolute atomic E-state index is 0.0557. The van der Waals surface area contributed by atoms with E-state index < -0.39 is 17.7 Å². The Morgan fingerprint density at radius 1 is 0.963 bits per heavy atom. The van der Waals surface area contributed by atoms with Crippen LogP contribution in [0.4, 0.5) is 0 Å². The summed E-state index contributed by atoms with van der Waals surface area (Å²) in [4.78, 5) is 24.6. The van der Waals surface area contributed by atoms with Gasteiger partial charge in [0.15, 0.2) is 0 Å². The summed E-state index contributed by atoms with van der Waals surface area (Å²) in [5.41, 5.74) is 0.807. The Labute approximate surface area is 156 Å². The third-order valence-corrected chi connectivity index (χ3v) is 4.36. The van der Waals surface area contributed by atoms with Gasteiger partial charge in [0, 0.05) is 11.1 Å². The summed E-state index contributed by atoms with van der Waals surface area (Å²) in [6, 6.07) is 10.8. The molecule has 1 aliphatic heterocycles. The van der Waals surface area contributed by atoms with Crippen LogP contribution in [0.5, 0.6) is 17.2 Å². The standard InChI is InChI=1S/C20H19NO6/c1-25-12-6-4-5-11(9-12)18(22)16-17(21-20(24)19(16)23)14-10-13(26-2)7-8-15(14)27-3/h4-10,17,22H,1-3H3,(H,21,24). The fourth-order valence-corrected chi connectivity index (χ4v) is 2.99. The van der Waals surface area contributed by atoms with Crippen molar-refractivity contribution in [3.05, 3.63) is 59.2 Å². The number of carbonyl (C=O) groups is 2. The number of carbonyl (C=O) groups excluding carboxylic acids is 2. The first-order valence-corrected chi connectivity index (χ1v) is 8.14. The highest BCUT2D eigenvalue weighted by molar-refractivity contribution is 6.46. The molecule has 140 valence electrons. The molecule has 0 spiro atoms. The molecule has 2 aromatic carbocycles. The summed E-state index contributed by atoms with van der Waals surface area (Å²) in [6.45, 7) is 0. The summed E-state index contributed by atoms with van der Waals surface area (Å²) in [5.74, 6) is -0.405. The molecule has 27 heavy (non-hydrogen) atoms. The van der Waals surface area contributed by atoms with E-state index in [-0.39, 0.29) is 11.3 Å². The number of nitrogens with one attached hydrogen (secondary N) is 1. The van der Waals surface area contributed by atoms with Crippen LogP contribution in [0.15, 0.2) is 48.0 Å². The van der Waals surface area contributed by atoms with Crippen molar-refractivity contribution in [2.24, 2.45) is 0 Å². The number of rotatable bonds is 5. The highest BCUT2D eigenvalue weighted by Gasteiger charge is 2.41. The van der Waals surface area contributed by atoms with E-state index in [0.29, 0.717) is 28.4 Å². The first-order valence-electron chi connectivity index (χ1n) is 8.14. The van der Waals surface area contributed by atoms with Gasteiger partial charge in [-0.25, -0.2) is 0 Å². The number of aliphatic hydroxyl groups excluding tert-OH is 1. The highest BCUT2D eigenvalue weighted by atomic mass is 16.5. The molecule has 7 heteroatoms. The monoisotopic (exact) mass is 369 g/mol. The molecule has 1 aliphatic rings. The van der Waals surface area contributed by atoms with Crippen molar-refractivity contribution >= 4 is 17.4 Å². The molecular formula is C20H19NO6. The molecule has 1 amide bonds. The molecule has 2 N–H and O–H groups in total. The molecule has 2 aromatic rings. The van der Waals surface area contributed by atoms with Gasteiger partial charge in [-0.3, -0.25) is 9.59 Å². The number of ketones is 1. The Bertz CT molecular complexity index is 934. The predicted octanol–water partition coefficient (Wildman–Crippen LogP) is 2.42. The molecule has 1 fully saturated rings. The molecule has 1 heterocycles. The van der Waals surface area contributed by atoms with Crippen LogP contribution < -0.4 is 19.5 Å². The number of aliphatic hydroxyl groups is 1. The van der Waals surface area contributed by atoms with Crippen molar-refractivity contribution in [1.82, 2.24) is 5.32 Å². The molecule has 0 aliphatic carbocycles. The van der Waals surface area contributed by atoms with Gasteiger partial charge in [0.25, 0.3) is 11.7 Å². The van der Waals surface area contributed by atoms with E-state index in [4.69, 9.17) is 14.2 Å². The lowest BCUT2D eigenvalue weighted by Gasteiger charge is -2.18. The largest absolute Gasteiger partial charge is 0.507 e. The molecule has 1 unspecified atom stereocenters. The summed E-state index contributed by atoms with van der Waals surface area (Å²) < 4.78 is 15.7. The first-order chi connectivity index (χ1) is 13.0. The normalized spacial score (nSPS) is 18.1. The Morgan fingerprint density at radius 3 is 2.33 bits per heavy atom. The second-order valence-electron chi connectivity index (χ2n) is 5.84. The fraction of sp³-hybridized carbons (Fsp3) is 0.200. The van der Waals surface area contributed by atoms with E-state index in [9.17, 15) is 14.7 Å². The maximum absolute atomic E-state index is 12.5. The summed E-state index contributed by atoms with van der Waals surface area (Å²) in [6.07, 6.45) is 0. The predicted molar refractivity (Wildman–Crippen MR) is 98.0 cm³/mol. The van der Waals surface area contributed by atoms with E-state index >= 15 is 0 Å². The Hall–Kier alpha value is -3.48. The molecule has 1 atom stereocenters. The summed E-state index contributed by atoms with van der Waals surface area (Å²) >= 11 is 0. The lowest BCUT2D eigenvalue weighted by Crippen LogP contribution is -2.21. The van der Waals surface area contributed by atoms with Gasteiger partial charge in [0.05, 0.1) is 32.9 Å². The van der Waals surface area contributed by atoms with Crippen LogP contribution in [0.1, 0.15) is 17.2 Å². The number of hydrogen-bond donors (Lipinski definition) is 2. The second kappa shape index (κ2) is 7.41. The van der Waals surface area contributed by atoms with Crippen LogP contribution in [0.25, 0.3) is 5.76 Å². The number of Topliss-reactive ketones (excluding diaryl/α,β-unsaturated/α-hetero) is 1. The van der Waals surface area contributed by atoms with Gasteiger partial charge in [-0.15, -0.1) is 0 Å². The lowest BCUT2D eigenvalue weighted by molar-refractivity contribution is -0.133. The average Bonchev–Trinajstić information content (AvgIpc) is 3.01. The van der Waals surface area contributed by atoms with Crippen molar-refractivity contribution in [3.8, 4) is 17.2 Å². The minimum Gasteiger partial charge on any atom is -0.507 e. The fourth-order valence-electron chi connectivity index (χ4n) is 2.99. The van der Waals surface area contributed by atoms with Gasteiger partial charge in [0.1, 0.15) is 23.0 Å². The zero-order valence-corrected chi connectivity index (χ0v) is 15.1. The van der Waals surface area contributed by atoms with Gasteiger partial charge in [-0.2, -0.15) is 0 Å². The average molecular weight is 369 g/mol. The van der Waals surface area contributed by atoms with Crippen LogP contribution in [0.2, 0.25) is 0 Å². The molecule has 1 saturated heterocycles. The highest BCUT2D eigenvalue weighted by Crippen LogP contribution is 2.39. The number of hydrogen-bond acceptors (Lipinski definition) is 6. The van der Waals surface area contributed by atoms with Gasteiger partial charge < -0.3 is 24.6 Å². The molecule has 7 nitrogen and oxygen atoms in total. The van der Waals surface area contributed by atoms with Gasteiger partial charge in [-0.05, 0) is 30.3 Å². The van der Waals surface area contributed by atoms with Gasteiger partial charge in [-0.1, -0.05) is 12.1 Å². The molecule has 0 bridgehead atoms. The SMILES string of the molecule is COc1cccc(C(O)=C2C(=O)C(=O)NC2c2cc(OC)ccc2OC)c1. The van der Waals surface area contributed by atoms with Crippen LogP contribution in [-0.2, 0) is 9.59 Å². The van der Waals surface area contributed by atoms with Crippen molar-refractivity contribution in [2.45, 2.75) is 6.04 Å². The molecule has 0 saturated carbocycles. The number of amides is 1. The third kappa shape index (κ3) is 3.31. The van der Waals surface area contributed by atoms with Crippen LogP contribution in [0, 0.1) is 0 Å². The molecular weight excluding hydrogens is 350 g/mol. The lowest BCUT2D eigenvalue weighted by atomic mass is 9.95. The Morgan fingerprint density at radius 2 is 1.67 bits per heavy atom. The number of ether oxygens (including phenoxy) is 3. The smallest absolute Gasteiger partial charge is 0.293 e. The maximum Gasteiger partial charge on any atom is 0.293 e. The third-order valence-electron chi connectivity index (χ3n) is 4.36. The topological polar surface area (TPSA) is 94.1 Å². The number of benzene rings is 2. The van der Waals surface area contributed by atoms with E-state index in [1.807, 2.05) is 0 Å². The summed E-state index contributed by atoms with van der Waals surface area (Å²) in [7, 11) is 4.49. The zero-order chi connectivity index (χ0) is 19.6. The zero-order valence-electron chi connectivity index (χ0n) is 15.1. The van der Waals surface area contributed by atoms with E-state index in [1.54, 1.807) is 42.5 Å². The van der Waals surface area contributed by atoms with Crippen LogP contribution in [-0.4, -0.2) is 38.1 Å². The van der Waals surface area contributed by atoms with Crippen LogP contribution >= 0.6 is 0 Å². The minimum atomic E-state index is -0.874.